The fourth-order valence-corrected chi connectivity index (χ4v) is 4.00. The molecule has 1 atom stereocenters. The predicted octanol–water partition coefficient (Wildman–Crippen LogP) is 4.40. The molecule has 0 aliphatic heterocycles. The third kappa shape index (κ3) is 4.89. The molecular weight excluding hydrogens is 440 g/mol. The summed E-state index contributed by atoms with van der Waals surface area (Å²) in [5.41, 5.74) is 1.71. The molecule has 0 aliphatic rings. The minimum Gasteiger partial charge on any atom is -0.358 e. The van der Waals surface area contributed by atoms with Gasteiger partial charge in [-0.3, -0.25) is 4.68 Å². The van der Waals surface area contributed by atoms with E-state index in [0.717, 1.165) is 16.3 Å². The van der Waals surface area contributed by atoms with E-state index in [4.69, 9.17) is 11.6 Å². The van der Waals surface area contributed by atoms with Gasteiger partial charge in [0, 0.05) is 23.2 Å². The van der Waals surface area contributed by atoms with E-state index in [1.54, 1.807) is 16.3 Å². The average molecular weight is 459 g/mol. The summed E-state index contributed by atoms with van der Waals surface area (Å²) >= 11 is 7.63. The van der Waals surface area contributed by atoms with Crippen molar-refractivity contribution in [3.05, 3.63) is 74.0 Å². The summed E-state index contributed by atoms with van der Waals surface area (Å²) in [6.07, 6.45) is 1.86. The van der Waals surface area contributed by atoms with E-state index in [2.05, 4.69) is 25.7 Å². The van der Waals surface area contributed by atoms with Gasteiger partial charge in [-0.15, -0.1) is 10.2 Å². The van der Waals surface area contributed by atoms with Gasteiger partial charge in [-0.1, -0.05) is 48.1 Å². The van der Waals surface area contributed by atoms with Gasteiger partial charge < -0.3 is 15.4 Å². The number of rotatable bonds is 8. The summed E-state index contributed by atoms with van der Waals surface area (Å²) in [7, 11) is 0. The summed E-state index contributed by atoms with van der Waals surface area (Å²) in [6, 6.07) is 11.0. The highest BCUT2D eigenvalue weighted by atomic mass is 35.5. The van der Waals surface area contributed by atoms with Crippen molar-refractivity contribution >= 4 is 39.7 Å². The van der Waals surface area contributed by atoms with Crippen molar-refractivity contribution in [2.75, 3.05) is 5.32 Å². The zero-order valence-electron chi connectivity index (χ0n) is 16.8. The molecule has 0 saturated carbocycles. The van der Waals surface area contributed by atoms with Crippen molar-refractivity contribution in [2.45, 2.75) is 32.9 Å². The van der Waals surface area contributed by atoms with Crippen molar-refractivity contribution in [1.82, 2.24) is 29.8 Å². The molecule has 0 saturated heterocycles. The summed E-state index contributed by atoms with van der Waals surface area (Å²) in [6.45, 7) is 4.81. The Bertz CT molecular complexity index is 1220. The summed E-state index contributed by atoms with van der Waals surface area (Å²) < 4.78 is 3.41. The Balaban J connectivity index is 1.39. The van der Waals surface area contributed by atoms with Crippen LogP contribution in [-0.4, -0.2) is 34.7 Å². The molecule has 4 aromatic rings. The van der Waals surface area contributed by atoms with Crippen molar-refractivity contribution in [1.29, 1.82) is 0 Å². The number of anilines is 2. The number of hydrogen-bond acceptors (Lipinski definition) is 8. The summed E-state index contributed by atoms with van der Waals surface area (Å²) in [5, 5.41) is 33.2. The van der Waals surface area contributed by atoms with Gasteiger partial charge in [-0.05, 0) is 23.5 Å². The first-order valence-corrected chi connectivity index (χ1v) is 10.6. The lowest BCUT2D eigenvalue weighted by molar-refractivity contribution is -0.389. The van der Waals surface area contributed by atoms with Crippen LogP contribution in [0.5, 0.6) is 0 Å². The lowest BCUT2D eigenvalue weighted by atomic mass is 10.2. The van der Waals surface area contributed by atoms with E-state index in [1.807, 2.05) is 43.5 Å². The van der Waals surface area contributed by atoms with Crippen LogP contribution >= 0.6 is 22.9 Å². The highest BCUT2D eigenvalue weighted by Crippen LogP contribution is 2.27. The fourth-order valence-electron chi connectivity index (χ4n) is 3.02. The minimum absolute atomic E-state index is 0.0102. The van der Waals surface area contributed by atoms with Gasteiger partial charge in [0.15, 0.2) is 5.82 Å². The van der Waals surface area contributed by atoms with Gasteiger partial charge in [-0.2, -0.15) is 9.78 Å². The van der Waals surface area contributed by atoms with E-state index in [1.165, 1.54) is 17.4 Å². The van der Waals surface area contributed by atoms with Crippen molar-refractivity contribution in [2.24, 2.45) is 0 Å². The second-order valence-electron chi connectivity index (χ2n) is 7.04. The molecule has 0 radical (unpaired) electrons. The van der Waals surface area contributed by atoms with Gasteiger partial charge >= 0.3 is 5.82 Å². The van der Waals surface area contributed by atoms with Gasteiger partial charge in [0.05, 0.1) is 29.9 Å². The molecule has 160 valence electrons. The zero-order valence-corrected chi connectivity index (χ0v) is 18.3. The molecule has 0 unspecified atom stereocenters. The number of aryl methyl sites for hydroxylation is 1. The van der Waals surface area contributed by atoms with Crippen LogP contribution in [0.4, 0.5) is 16.8 Å². The Labute approximate surface area is 186 Å². The first-order chi connectivity index (χ1) is 14.9. The quantitative estimate of drug-likeness (QED) is 0.307. The van der Waals surface area contributed by atoms with E-state index in [9.17, 15) is 10.1 Å². The Morgan fingerprint density at radius 2 is 2.06 bits per heavy atom. The van der Waals surface area contributed by atoms with E-state index >= 15 is 0 Å². The number of halogens is 1. The molecule has 4 rings (SSSR count). The maximum absolute atomic E-state index is 10.9. The molecule has 12 heteroatoms. The normalized spacial score (nSPS) is 12.1. The minimum atomic E-state index is -0.494. The van der Waals surface area contributed by atoms with Gasteiger partial charge in [-0.25, -0.2) is 0 Å². The van der Waals surface area contributed by atoms with Crippen LogP contribution in [0.3, 0.4) is 0 Å². The molecule has 3 aromatic heterocycles. The number of benzene rings is 1. The topological polar surface area (TPSA) is 117 Å². The van der Waals surface area contributed by atoms with E-state index in [0.29, 0.717) is 29.1 Å². The smallest absolute Gasteiger partial charge is 0.358 e. The first-order valence-electron chi connectivity index (χ1n) is 9.45. The molecule has 31 heavy (non-hydrogen) atoms. The molecule has 0 aliphatic carbocycles. The van der Waals surface area contributed by atoms with Gasteiger partial charge in [0.1, 0.15) is 5.01 Å². The predicted molar refractivity (Wildman–Crippen MR) is 118 cm³/mol. The summed E-state index contributed by atoms with van der Waals surface area (Å²) in [5.74, 6) is 0.488. The molecule has 1 N–H and O–H groups in total. The highest BCUT2D eigenvalue weighted by molar-refractivity contribution is 7.15. The molecule has 10 nitrogen and oxygen atoms in total. The second kappa shape index (κ2) is 8.82. The molecular formula is C19H19ClN8O2S. The highest BCUT2D eigenvalue weighted by Gasteiger charge is 2.20. The zero-order chi connectivity index (χ0) is 22.0. The molecule has 1 aromatic carbocycles. The number of aromatic nitrogens is 6. The van der Waals surface area contributed by atoms with Crippen LogP contribution in [0.1, 0.15) is 29.1 Å². The van der Waals surface area contributed by atoms with Crippen molar-refractivity contribution in [3.63, 3.8) is 0 Å². The standard InChI is InChI=1S/C19H19ClN8O2S/c1-12(10-27-13(2)9-17(25-27)28(29)30)18-22-23-19(31-18)21-16-7-8-26(24-16)11-14-5-3-4-6-15(14)20/h3-9,12H,10-11H2,1-2H3,(H,21,23,24)/t12-/m0/s1. The summed E-state index contributed by atoms with van der Waals surface area (Å²) in [4.78, 5) is 10.4. The van der Waals surface area contributed by atoms with Crippen molar-refractivity contribution in [3.8, 4) is 0 Å². The van der Waals surface area contributed by atoms with Gasteiger partial charge in [0.25, 0.3) is 0 Å². The van der Waals surface area contributed by atoms with Gasteiger partial charge in [0.2, 0.25) is 5.13 Å². The van der Waals surface area contributed by atoms with Crippen LogP contribution < -0.4 is 5.32 Å². The Morgan fingerprint density at radius 3 is 2.81 bits per heavy atom. The van der Waals surface area contributed by atoms with E-state index < -0.39 is 4.92 Å². The van der Waals surface area contributed by atoms with Crippen molar-refractivity contribution < 1.29 is 4.92 Å². The van der Waals surface area contributed by atoms with Crippen LogP contribution in [0.15, 0.2) is 42.6 Å². The molecule has 0 bridgehead atoms. The number of nitrogens with one attached hydrogen (secondary N) is 1. The Morgan fingerprint density at radius 1 is 1.26 bits per heavy atom. The van der Waals surface area contributed by atoms with Crippen LogP contribution in [0.25, 0.3) is 0 Å². The monoisotopic (exact) mass is 458 g/mol. The molecule has 0 spiro atoms. The number of nitro groups is 1. The van der Waals surface area contributed by atoms with Crippen LogP contribution in [0.2, 0.25) is 5.02 Å². The third-order valence-corrected chi connectivity index (χ3v) is 6.07. The Hall–Kier alpha value is -3.31. The fraction of sp³-hybridized carbons (Fsp3) is 0.263. The third-order valence-electron chi connectivity index (χ3n) is 4.63. The molecule has 0 amide bonds. The average Bonchev–Trinajstić information content (AvgIpc) is 3.45. The van der Waals surface area contributed by atoms with Crippen LogP contribution in [-0.2, 0) is 13.1 Å². The number of hydrogen-bond donors (Lipinski definition) is 1. The first kappa shape index (κ1) is 20.9. The molecule has 0 fully saturated rings. The maximum atomic E-state index is 10.9. The lowest BCUT2D eigenvalue weighted by Crippen LogP contribution is -2.09. The maximum Gasteiger partial charge on any atom is 0.390 e. The molecule has 3 heterocycles. The largest absolute Gasteiger partial charge is 0.390 e. The lowest BCUT2D eigenvalue weighted by Gasteiger charge is -2.06. The second-order valence-corrected chi connectivity index (χ2v) is 8.46. The SMILES string of the molecule is Cc1cc([N+](=O)[O-])nn1C[C@H](C)c1nnc(Nc2ccn(Cc3ccccc3Cl)n2)s1. The Kier molecular flexibility index (Phi) is 5.96. The van der Waals surface area contributed by atoms with Crippen LogP contribution in [0, 0.1) is 17.0 Å². The van der Waals surface area contributed by atoms with E-state index in [-0.39, 0.29) is 11.7 Å². The number of nitrogens with zero attached hydrogens (tertiary/aromatic N) is 7.